The second kappa shape index (κ2) is 6.12. The number of benzene rings is 2. The summed E-state index contributed by atoms with van der Waals surface area (Å²) < 4.78 is 26.8. The van der Waals surface area contributed by atoms with Gasteiger partial charge in [-0.2, -0.15) is 0 Å². The van der Waals surface area contributed by atoms with Crippen LogP contribution in [0.4, 0.5) is 20.2 Å². The monoisotopic (exact) mass is 288 g/mol. The predicted molar refractivity (Wildman–Crippen MR) is 81.7 cm³/mol. The molecule has 110 valence electrons. The third kappa shape index (κ3) is 3.15. The molecule has 1 aliphatic heterocycles. The average Bonchev–Trinajstić information content (AvgIpc) is 2.53. The van der Waals surface area contributed by atoms with E-state index in [4.69, 9.17) is 0 Å². The number of hydrogen-bond donors (Lipinski definition) is 1. The van der Waals surface area contributed by atoms with E-state index < -0.39 is 11.6 Å². The highest BCUT2D eigenvalue weighted by molar-refractivity contribution is 5.48. The summed E-state index contributed by atoms with van der Waals surface area (Å²) in [6, 6.07) is 14.7. The van der Waals surface area contributed by atoms with Gasteiger partial charge < -0.3 is 10.2 Å². The number of para-hydroxylation sites is 1. The SMILES string of the molecule is Fc1cccc(NC2CCN(c3ccccc3)CC2)c1F. The van der Waals surface area contributed by atoms with Crippen molar-refractivity contribution in [2.24, 2.45) is 0 Å². The summed E-state index contributed by atoms with van der Waals surface area (Å²) in [5, 5.41) is 3.12. The molecule has 0 atom stereocenters. The molecule has 0 aliphatic carbocycles. The third-order valence-electron chi connectivity index (χ3n) is 3.93. The molecule has 0 radical (unpaired) electrons. The smallest absolute Gasteiger partial charge is 0.181 e. The molecular formula is C17H18F2N2. The fourth-order valence-electron chi connectivity index (χ4n) is 2.76. The van der Waals surface area contributed by atoms with Gasteiger partial charge in [0.2, 0.25) is 0 Å². The average molecular weight is 288 g/mol. The Bertz CT molecular complexity index is 593. The molecule has 1 saturated heterocycles. The Morgan fingerprint density at radius 3 is 2.33 bits per heavy atom. The lowest BCUT2D eigenvalue weighted by Gasteiger charge is -2.34. The van der Waals surface area contributed by atoms with Crippen molar-refractivity contribution in [3.05, 3.63) is 60.2 Å². The molecule has 0 bridgehead atoms. The van der Waals surface area contributed by atoms with Crippen LogP contribution in [-0.4, -0.2) is 19.1 Å². The number of hydrogen-bond acceptors (Lipinski definition) is 2. The van der Waals surface area contributed by atoms with Gasteiger partial charge in [0, 0.05) is 24.8 Å². The van der Waals surface area contributed by atoms with Crippen LogP contribution in [0.5, 0.6) is 0 Å². The standard InChI is InChI=1S/C17H18F2N2/c18-15-7-4-8-16(17(15)19)20-13-9-11-21(12-10-13)14-5-2-1-3-6-14/h1-8,13,20H,9-12H2. The molecule has 21 heavy (non-hydrogen) atoms. The lowest BCUT2D eigenvalue weighted by atomic mass is 10.0. The first kappa shape index (κ1) is 13.9. The Hall–Kier alpha value is -2.10. The van der Waals surface area contributed by atoms with E-state index in [1.165, 1.54) is 11.8 Å². The number of nitrogens with one attached hydrogen (secondary N) is 1. The first-order valence-electron chi connectivity index (χ1n) is 7.24. The zero-order chi connectivity index (χ0) is 14.7. The molecule has 0 aromatic heterocycles. The summed E-state index contributed by atoms with van der Waals surface area (Å²) >= 11 is 0. The van der Waals surface area contributed by atoms with Gasteiger partial charge in [-0.05, 0) is 37.1 Å². The fourth-order valence-corrected chi connectivity index (χ4v) is 2.76. The van der Waals surface area contributed by atoms with Crippen LogP contribution in [0.15, 0.2) is 48.5 Å². The first-order chi connectivity index (χ1) is 10.2. The second-order valence-corrected chi connectivity index (χ2v) is 5.34. The zero-order valence-electron chi connectivity index (χ0n) is 11.7. The minimum atomic E-state index is -0.804. The van der Waals surface area contributed by atoms with E-state index in [1.807, 2.05) is 18.2 Å². The Balaban J connectivity index is 1.60. The van der Waals surface area contributed by atoms with E-state index in [-0.39, 0.29) is 11.7 Å². The van der Waals surface area contributed by atoms with Crippen LogP contribution in [0.2, 0.25) is 0 Å². The molecule has 4 heteroatoms. The molecule has 0 saturated carbocycles. The molecule has 2 nitrogen and oxygen atoms in total. The summed E-state index contributed by atoms with van der Waals surface area (Å²) in [4.78, 5) is 2.32. The van der Waals surface area contributed by atoms with Crippen molar-refractivity contribution in [2.45, 2.75) is 18.9 Å². The molecule has 2 aromatic rings. The molecule has 1 fully saturated rings. The van der Waals surface area contributed by atoms with Crippen LogP contribution in [-0.2, 0) is 0 Å². The molecule has 1 N–H and O–H groups in total. The lowest BCUT2D eigenvalue weighted by Crippen LogP contribution is -2.39. The quantitative estimate of drug-likeness (QED) is 0.916. The normalized spacial score (nSPS) is 16.0. The van der Waals surface area contributed by atoms with Crippen molar-refractivity contribution >= 4 is 11.4 Å². The summed E-state index contributed by atoms with van der Waals surface area (Å²) in [6.45, 7) is 1.83. The van der Waals surface area contributed by atoms with E-state index in [0.717, 1.165) is 32.0 Å². The molecule has 1 heterocycles. The highest BCUT2D eigenvalue weighted by Gasteiger charge is 2.20. The van der Waals surface area contributed by atoms with Gasteiger partial charge in [0.05, 0.1) is 5.69 Å². The van der Waals surface area contributed by atoms with Crippen LogP contribution in [0.1, 0.15) is 12.8 Å². The minimum absolute atomic E-state index is 0.182. The maximum Gasteiger partial charge on any atom is 0.181 e. The van der Waals surface area contributed by atoms with Crippen molar-refractivity contribution in [3.8, 4) is 0 Å². The number of rotatable bonds is 3. The Kier molecular flexibility index (Phi) is 4.04. The summed E-state index contributed by atoms with van der Waals surface area (Å²) in [5.74, 6) is -1.59. The van der Waals surface area contributed by atoms with Gasteiger partial charge in [0.1, 0.15) is 0 Å². The van der Waals surface area contributed by atoms with Gasteiger partial charge in [-0.25, -0.2) is 8.78 Å². The van der Waals surface area contributed by atoms with Crippen LogP contribution < -0.4 is 10.2 Å². The van der Waals surface area contributed by atoms with Crippen molar-refractivity contribution in [2.75, 3.05) is 23.3 Å². The number of halogens is 2. The topological polar surface area (TPSA) is 15.3 Å². The maximum absolute atomic E-state index is 13.7. The Labute approximate surface area is 123 Å². The van der Waals surface area contributed by atoms with Crippen LogP contribution in [0.25, 0.3) is 0 Å². The molecule has 3 rings (SSSR count). The van der Waals surface area contributed by atoms with Crippen molar-refractivity contribution < 1.29 is 8.78 Å². The molecule has 2 aromatic carbocycles. The predicted octanol–water partition coefficient (Wildman–Crippen LogP) is 4.05. The van der Waals surface area contributed by atoms with Crippen molar-refractivity contribution in [1.29, 1.82) is 0 Å². The van der Waals surface area contributed by atoms with E-state index >= 15 is 0 Å². The number of piperidine rings is 1. The highest BCUT2D eigenvalue weighted by atomic mass is 19.2. The van der Waals surface area contributed by atoms with Gasteiger partial charge in [-0.3, -0.25) is 0 Å². The summed E-state index contributed by atoms with van der Waals surface area (Å²) in [6.07, 6.45) is 1.82. The highest BCUT2D eigenvalue weighted by Crippen LogP contribution is 2.23. The van der Waals surface area contributed by atoms with E-state index in [2.05, 4.69) is 22.3 Å². The van der Waals surface area contributed by atoms with E-state index in [1.54, 1.807) is 6.07 Å². The maximum atomic E-state index is 13.7. The van der Waals surface area contributed by atoms with Gasteiger partial charge in [0.25, 0.3) is 0 Å². The summed E-state index contributed by atoms with van der Waals surface area (Å²) in [5.41, 5.74) is 1.47. The number of nitrogens with zero attached hydrogens (tertiary/aromatic N) is 1. The zero-order valence-corrected chi connectivity index (χ0v) is 11.7. The molecule has 0 amide bonds. The fraction of sp³-hybridized carbons (Fsp3) is 0.294. The molecular weight excluding hydrogens is 270 g/mol. The first-order valence-corrected chi connectivity index (χ1v) is 7.24. The van der Waals surface area contributed by atoms with Crippen LogP contribution >= 0.6 is 0 Å². The van der Waals surface area contributed by atoms with Gasteiger partial charge >= 0.3 is 0 Å². The van der Waals surface area contributed by atoms with Gasteiger partial charge in [0.15, 0.2) is 11.6 Å². The van der Waals surface area contributed by atoms with Crippen molar-refractivity contribution in [1.82, 2.24) is 0 Å². The minimum Gasteiger partial charge on any atom is -0.380 e. The Morgan fingerprint density at radius 2 is 1.62 bits per heavy atom. The number of anilines is 2. The molecule has 0 spiro atoms. The van der Waals surface area contributed by atoms with Crippen LogP contribution in [0.3, 0.4) is 0 Å². The van der Waals surface area contributed by atoms with Gasteiger partial charge in [-0.1, -0.05) is 24.3 Å². The lowest BCUT2D eigenvalue weighted by molar-refractivity contribution is 0.498. The van der Waals surface area contributed by atoms with Gasteiger partial charge in [-0.15, -0.1) is 0 Å². The van der Waals surface area contributed by atoms with Crippen molar-refractivity contribution in [3.63, 3.8) is 0 Å². The Morgan fingerprint density at radius 1 is 0.905 bits per heavy atom. The van der Waals surface area contributed by atoms with E-state index in [0.29, 0.717) is 0 Å². The van der Waals surface area contributed by atoms with Crippen LogP contribution in [0, 0.1) is 11.6 Å². The second-order valence-electron chi connectivity index (χ2n) is 5.34. The summed E-state index contributed by atoms with van der Waals surface area (Å²) in [7, 11) is 0. The third-order valence-corrected chi connectivity index (χ3v) is 3.93. The van der Waals surface area contributed by atoms with E-state index in [9.17, 15) is 8.78 Å². The molecule has 0 unspecified atom stereocenters. The molecule has 1 aliphatic rings. The largest absolute Gasteiger partial charge is 0.380 e.